The van der Waals surface area contributed by atoms with Crippen molar-refractivity contribution >= 4 is 17.2 Å². The normalized spacial score (nSPS) is 24.1. The molecule has 2 aliphatic rings. The summed E-state index contributed by atoms with van der Waals surface area (Å²) in [6.45, 7) is 4.95. The summed E-state index contributed by atoms with van der Waals surface area (Å²) < 4.78 is 0. The molecule has 1 spiro atoms. The first-order chi connectivity index (χ1) is 12.2. The van der Waals surface area contributed by atoms with Gasteiger partial charge in [-0.1, -0.05) is 6.07 Å². The van der Waals surface area contributed by atoms with E-state index in [2.05, 4.69) is 19.8 Å². The number of nitrogens with zero attached hydrogens (tertiary/aromatic N) is 4. The number of pyridine rings is 1. The Labute approximate surface area is 152 Å². The van der Waals surface area contributed by atoms with Gasteiger partial charge < -0.3 is 4.90 Å². The summed E-state index contributed by atoms with van der Waals surface area (Å²) in [5.41, 5.74) is 1.14. The minimum Gasteiger partial charge on any atom is -0.342 e. The van der Waals surface area contributed by atoms with Gasteiger partial charge in [-0.15, -0.1) is 11.3 Å². The molecule has 2 fully saturated rings. The van der Waals surface area contributed by atoms with E-state index in [9.17, 15) is 4.79 Å². The topological polar surface area (TPSA) is 49.3 Å². The third-order valence-electron chi connectivity index (χ3n) is 5.43. The van der Waals surface area contributed by atoms with Gasteiger partial charge in [-0.25, -0.2) is 4.98 Å². The molecule has 25 heavy (non-hydrogen) atoms. The second kappa shape index (κ2) is 7.22. The van der Waals surface area contributed by atoms with Gasteiger partial charge in [0, 0.05) is 48.5 Å². The third-order valence-corrected chi connectivity index (χ3v) is 6.20. The molecule has 2 aliphatic heterocycles. The summed E-state index contributed by atoms with van der Waals surface area (Å²) in [6, 6.07) is 5.76. The van der Waals surface area contributed by atoms with Crippen molar-refractivity contribution in [1.29, 1.82) is 0 Å². The number of hydrogen-bond acceptors (Lipinski definition) is 5. The van der Waals surface area contributed by atoms with Crippen LogP contribution < -0.4 is 0 Å². The largest absolute Gasteiger partial charge is 0.342 e. The Morgan fingerprint density at radius 2 is 2.12 bits per heavy atom. The molecule has 4 rings (SSSR count). The first-order valence-electron chi connectivity index (χ1n) is 9.01. The molecule has 2 saturated heterocycles. The van der Waals surface area contributed by atoms with Gasteiger partial charge in [-0.05, 0) is 37.9 Å². The smallest absolute Gasteiger partial charge is 0.228 e. The summed E-state index contributed by atoms with van der Waals surface area (Å²) in [5.74, 6) is 0.215. The third kappa shape index (κ3) is 3.90. The molecule has 0 aliphatic carbocycles. The number of aromatic nitrogens is 2. The minimum atomic E-state index is 0.215. The van der Waals surface area contributed by atoms with Gasteiger partial charge in [-0.3, -0.25) is 14.7 Å². The summed E-state index contributed by atoms with van der Waals surface area (Å²) in [6.07, 6.45) is 7.62. The first-order valence-corrected chi connectivity index (χ1v) is 9.89. The van der Waals surface area contributed by atoms with Crippen LogP contribution in [0, 0.1) is 5.41 Å². The number of hydrogen-bond donors (Lipinski definition) is 0. The molecule has 0 bridgehead atoms. The lowest BCUT2D eigenvalue weighted by Crippen LogP contribution is -2.45. The van der Waals surface area contributed by atoms with Crippen LogP contribution in [0.25, 0.3) is 0 Å². The molecular weight excluding hydrogens is 332 g/mol. The molecule has 4 heterocycles. The van der Waals surface area contributed by atoms with Crippen LogP contribution in [0.3, 0.4) is 0 Å². The van der Waals surface area contributed by atoms with E-state index in [0.29, 0.717) is 6.42 Å². The molecule has 1 amide bonds. The molecule has 1 atom stereocenters. The summed E-state index contributed by atoms with van der Waals surface area (Å²) in [5, 5.41) is 3.24. The highest BCUT2D eigenvalue weighted by Gasteiger charge is 2.42. The fourth-order valence-corrected chi connectivity index (χ4v) is 4.88. The molecule has 0 saturated carbocycles. The van der Waals surface area contributed by atoms with Crippen LogP contribution in [-0.2, 0) is 17.8 Å². The lowest BCUT2D eigenvalue weighted by molar-refractivity contribution is -0.130. The van der Waals surface area contributed by atoms with Crippen LogP contribution >= 0.6 is 11.3 Å². The number of rotatable bonds is 4. The Morgan fingerprint density at radius 1 is 1.16 bits per heavy atom. The van der Waals surface area contributed by atoms with Crippen molar-refractivity contribution in [3.05, 3.63) is 46.7 Å². The zero-order chi connectivity index (χ0) is 17.1. The van der Waals surface area contributed by atoms with Gasteiger partial charge in [0.25, 0.3) is 0 Å². The fraction of sp³-hybridized carbons (Fsp3) is 0.526. The van der Waals surface area contributed by atoms with Gasteiger partial charge in [-0.2, -0.15) is 0 Å². The van der Waals surface area contributed by atoms with Crippen LogP contribution in [0.5, 0.6) is 0 Å². The molecule has 2 aromatic heterocycles. The Hall–Kier alpha value is -1.79. The molecule has 6 heteroatoms. The Kier molecular flexibility index (Phi) is 4.81. The van der Waals surface area contributed by atoms with E-state index < -0.39 is 0 Å². The van der Waals surface area contributed by atoms with Crippen molar-refractivity contribution < 1.29 is 4.79 Å². The second-order valence-corrected chi connectivity index (χ2v) is 8.28. The van der Waals surface area contributed by atoms with Crippen LogP contribution in [-0.4, -0.2) is 51.9 Å². The van der Waals surface area contributed by atoms with Gasteiger partial charge >= 0.3 is 0 Å². The predicted molar refractivity (Wildman–Crippen MR) is 98.2 cm³/mol. The van der Waals surface area contributed by atoms with E-state index in [1.807, 2.05) is 29.8 Å². The van der Waals surface area contributed by atoms with E-state index in [-0.39, 0.29) is 11.3 Å². The fourth-order valence-electron chi connectivity index (χ4n) is 4.22. The quantitative estimate of drug-likeness (QED) is 0.845. The maximum absolute atomic E-state index is 12.6. The average Bonchev–Trinajstić information content (AvgIpc) is 3.26. The van der Waals surface area contributed by atoms with E-state index in [0.717, 1.165) is 44.8 Å². The number of carbonyl (C=O) groups excluding carboxylic acids is 1. The van der Waals surface area contributed by atoms with E-state index >= 15 is 0 Å². The maximum atomic E-state index is 12.6. The molecule has 1 unspecified atom stereocenters. The summed E-state index contributed by atoms with van der Waals surface area (Å²) in [4.78, 5) is 25.9. The van der Waals surface area contributed by atoms with Crippen molar-refractivity contribution in [1.82, 2.24) is 19.8 Å². The minimum absolute atomic E-state index is 0.215. The molecular formula is C19H24N4OS. The summed E-state index contributed by atoms with van der Waals surface area (Å²) in [7, 11) is 0. The molecule has 0 radical (unpaired) electrons. The zero-order valence-electron chi connectivity index (χ0n) is 14.4. The monoisotopic (exact) mass is 356 g/mol. The standard InChI is InChI=1S/C19H24N4OS/c24-18(12-16-4-1-2-7-20-16)23-10-6-19(15-23)5-3-9-22(14-19)13-17-21-8-11-25-17/h1-2,4,7-8,11H,3,5-6,9-10,12-15H2. The highest BCUT2D eigenvalue weighted by molar-refractivity contribution is 7.09. The van der Waals surface area contributed by atoms with Crippen molar-refractivity contribution in [2.75, 3.05) is 26.2 Å². The van der Waals surface area contributed by atoms with E-state index in [4.69, 9.17) is 0 Å². The molecule has 132 valence electrons. The number of amides is 1. The number of likely N-dealkylation sites (tertiary alicyclic amines) is 2. The number of thiazole rings is 1. The Bertz CT molecular complexity index is 705. The first kappa shape index (κ1) is 16.7. The van der Waals surface area contributed by atoms with Gasteiger partial charge in [0.05, 0.1) is 13.0 Å². The molecule has 5 nitrogen and oxygen atoms in total. The highest BCUT2D eigenvalue weighted by atomic mass is 32.1. The zero-order valence-corrected chi connectivity index (χ0v) is 15.2. The Balaban J connectivity index is 1.36. The van der Waals surface area contributed by atoms with Crippen molar-refractivity contribution in [2.45, 2.75) is 32.2 Å². The van der Waals surface area contributed by atoms with Gasteiger partial charge in [0.2, 0.25) is 5.91 Å². The number of piperidine rings is 1. The van der Waals surface area contributed by atoms with Crippen LogP contribution in [0.1, 0.15) is 30.0 Å². The predicted octanol–water partition coefficient (Wildman–Crippen LogP) is 2.60. The lowest BCUT2D eigenvalue weighted by Gasteiger charge is -2.40. The molecule has 0 aromatic carbocycles. The molecule has 2 aromatic rings. The van der Waals surface area contributed by atoms with Crippen molar-refractivity contribution in [2.24, 2.45) is 5.41 Å². The van der Waals surface area contributed by atoms with Crippen LogP contribution in [0.15, 0.2) is 36.0 Å². The van der Waals surface area contributed by atoms with E-state index in [1.54, 1.807) is 17.5 Å². The highest BCUT2D eigenvalue weighted by Crippen LogP contribution is 2.39. The average molecular weight is 356 g/mol. The summed E-state index contributed by atoms with van der Waals surface area (Å²) >= 11 is 1.73. The Morgan fingerprint density at radius 3 is 2.92 bits per heavy atom. The number of carbonyl (C=O) groups is 1. The maximum Gasteiger partial charge on any atom is 0.228 e. The van der Waals surface area contributed by atoms with Crippen LogP contribution in [0.2, 0.25) is 0 Å². The lowest BCUT2D eigenvalue weighted by atomic mass is 9.79. The van der Waals surface area contributed by atoms with Crippen molar-refractivity contribution in [3.8, 4) is 0 Å². The van der Waals surface area contributed by atoms with Crippen LogP contribution in [0.4, 0.5) is 0 Å². The van der Waals surface area contributed by atoms with Crippen molar-refractivity contribution in [3.63, 3.8) is 0 Å². The van der Waals surface area contributed by atoms with Gasteiger partial charge in [0.15, 0.2) is 0 Å². The SMILES string of the molecule is O=C(Cc1ccccn1)N1CCC2(CCCN(Cc3nccs3)C2)C1. The molecule has 0 N–H and O–H groups in total. The van der Waals surface area contributed by atoms with E-state index in [1.165, 1.54) is 17.8 Å². The second-order valence-electron chi connectivity index (χ2n) is 7.30. The van der Waals surface area contributed by atoms with Gasteiger partial charge in [0.1, 0.15) is 5.01 Å².